The summed E-state index contributed by atoms with van der Waals surface area (Å²) < 4.78 is 16.3. The number of rotatable bonds is 6. The van der Waals surface area contributed by atoms with Crippen LogP contribution < -0.4 is 9.47 Å². The van der Waals surface area contributed by atoms with Crippen LogP contribution in [0, 0.1) is 0 Å². The molecular formula is C22H18N2O4. The van der Waals surface area contributed by atoms with Crippen molar-refractivity contribution in [3.63, 3.8) is 0 Å². The monoisotopic (exact) mass is 374 g/mol. The number of hydrogen-bond acceptors (Lipinski definition) is 6. The fourth-order valence-electron chi connectivity index (χ4n) is 3.01. The lowest BCUT2D eigenvalue weighted by Crippen LogP contribution is -2.04. The predicted octanol–water partition coefficient (Wildman–Crippen LogP) is 4.33. The molecule has 2 aromatic heterocycles. The van der Waals surface area contributed by atoms with Gasteiger partial charge >= 0.3 is 0 Å². The van der Waals surface area contributed by atoms with Crippen molar-refractivity contribution in [2.75, 3.05) is 14.2 Å². The van der Waals surface area contributed by atoms with Crippen molar-refractivity contribution in [1.29, 1.82) is 0 Å². The van der Waals surface area contributed by atoms with Crippen molar-refractivity contribution in [1.82, 2.24) is 9.97 Å². The number of carbonyl (C=O) groups excluding carboxylic acids is 1. The van der Waals surface area contributed by atoms with Crippen LogP contribution in [-0.2, 0) is 6.42 Å². The van der Waals surface area contributed by atoms with Crippen LogP contribution in [0.2, 0.25) is 0 Å². The Hall–Kier alpha value is -3.67. The lowest BCUT2D eigenvalue weighted by atomic mass is 10.0. The molecule has 0 spiro atoms. The van der Waals surface area contributed by atoms with Crippen LogP contribution in [0.1, 0.15) is 15.9 Å². The topological polar surface area (TPSA) is 74.5 Å². The first-order valence-electron chi connectivity index (χ1n) is 8.73. The van der Waals surface area contributed by atoms with E-state index in [4.69, 9.17) is 13.9 Å². The lowest BCUT2D eigenvalue weighted by molar-refractivity contribution is 0.0992. The first-order valence-corrected chi connectivity index (χ1v) is 8.73. The zero-order valence-corrected chi connectivity index (χ0v) is 15.5. The summed E-state index contributed by atoms with van der Waals surface area (Å²) >= 11 is 0. The number of nitrogens with zero attached hydrogens (tertiary/aromatic N) is 2. The Bertz CT molecular complexity index is 1120. The lowest BCUT2D eigenvalue weighted by Gasteiger charge is -2.09. The molecule has 0 bridgehead atoms. The highest BCUT2D eigenvalue weighted by Gasteiger charge is 2.13. The quantitative estimate of drug-likeness (QED) is 0.468. The van der Waals surface area contributed by atoms with Gasteiger partial charge in [0.05, 0.1) is 20.4 Å². The molecule has 0 aliphatic carbocycles. The first kappa shape index (κ1) is 17.7. The minimum absolute atomic E-state index is 0.0140. The standard InChI is InChI=1S/C22H18N2O4/c1-26-19-7-6-15(12-20(19)27-2)18(25)11-14-4-3-5-16(10-14)22-24-17-8-9-23-13-21(17)28-22/h3-10,12-13H,11H2,1-2H3. The smallest absolute Gasteiger partial charge is 0.227 e. The second-order valence-electron chi connectivity index (χ2n) is 6.23. The second kappa shape index (κ2) is 7.52. The SMILES string of the molecule is COc1ccc(C(=O)Cc2cccc(-c3nc4ccncc4o3)c2)cc1OC. The molecule has 0 amide bonds. The van der Waals surface area contributed by atoms with Crippen LogP contribution in [0.25, 0.3) is 22.6 Å². The number of aromatic nitrogens is 2. The minimum atomic E-state index is -0.0140. The van der Waals surface area contributed by atoms with Gasteiger partial charge in [-0.2, -0.15) is 0 Å². The maximum atomic E-state index is 12.7. The Morgan fingerprint density at radius 1 is 1.04 bits per heavy atom. The van der Waals surface area contributed by atoms with Crippen molar-refractivity contribution in [2.24, 2.45) is 0 Å². The zero-order chi connectivity index (χ0) is 19.5. The number of Topliss-reactive ketones (excluding diaryl/α,β-unsaturated/α-hetero) is 1. The number of ketones is 1. The highest BCUT2D eigenvalue weighted by Crippen LogP contribution is 2.29. The summed E-state index contributed by atoms with van der Waals surface area (Å²) in [4.78, 5) is 21.2. The highest BCUT2D eigenvalue weighted by molar-refractivity contribution is 5.98. The maximum absolute atomic E-state index is 12.7. The molecule has 0 aliphatic rings. The molecule has 28 heavy (non-hydrogen) atoms. The van der Waals surface area contributed by atoms with E-state index in [0.717, 1.165) is 16.6 Å². The summed E-state index contributed by atoms with van der Waals surface area (Å²) in [5.41, 5.74) is 3.63. The van der Waals surface area contributed by atoms with Gasteiger partial charge in [0, 0.05) is 23.7 Å². The Balaban J connectivity index is 1.59. The van der Waals surface area contributed by atoms with E-state index in [2.05, 4.69) is 9.97 Å². The molecule has 4 rings (SSSR count). The van der Waals surface area contributed by atoms with E-state index in [0.29, 0.717) is 28.5 Å². The fourth-order valence-corrected chi connectivity index (χ4v) is 3.01. The molecule has 2 heterocycles. The Kier molecular flexibility index (Phi) is 4.76. The number of oxazole rings is 1. The van der Waals surface area contributed by atoms with Gasteiger partial charge in [-0.25, -0.2) is 4.98 Å². The van der Waals surface area contributed by atoms with Gasteiger partial charge in [-0.3, -0.25) is 9.78 Å². The van der Waals surface area contributed by atoms with E-state index < -0.39 is 0 Å². The molecule has 0 unspecified atom stereocenters. The number of hydrogen-bond donors (Lipinski definition) is 0. The minimum Gasteiger partial charge on any atom is -0.493 e. The van der Waals surface area contributed by atoms with Crippen molar-refractivity contribution >= 4 is 16.9 Å². The molecule has 0 N–H and O–H groups in total. The van der Waals surface area contributed by atoms with Crippen LogP contribution in [0.3, 0.4) is 0 Å². The number of pyridine rings is 1. The van der Waals surface area contributed by atoms with Crippen molar-refractivity contribution < 1.29 is 18.7 Å². The molecule has 0 fully saturated rings. The molecule has 0 radical (unpaired) electrons. The molecule has 0 saturated heterocycles. The summed E-state index contributed by atoms with van der Waals surface area (Å²) in [6, 6.07) is 14.6. The summed E-state index contributed by atoms with van der Waals surface area (Å²) in [7, 11) is 3.11. The molecule has 0 atom stereocenters. The van der Waals surface area contributed by atoms with Crippen molar-refractivity contribution in [2.45, 2.75) is 6.42 Å². The number of benzene rings is 2. The number of ether oxygens (including phenoxy) is 2. The third kappa shape index (κ3) is 3.44. The van der Waals surface area contributed by atoms with Crippen LogP contribution in [-0.4, -0.2) is 30.0 Å². The third-order valence-electron chi connectivity index (χ3n) is 4.44. The van der Waals surface area contributed by atoms with Crippen molar-refractivity contribution in [3.8, 4) is 23.0 Å². The van der Waals surface area contributed by atoms with Crippen LogP contribution in [0.4, 0.5) is 0 Å². The van der Waals surface area contributed by atoms with Gasteiger partial charge < -0.3 is 13.9 Å². The van der Waals surface area contributed by atoms with E-state index in [1.807, 2.05) is 24.3 Å². The van der Waals surface area contributed by atoms with Crippen molar-refractivity contribution in [3.05, 3.63) is 72.1 Å². The third-order valence-corrected chi connectivity index (χ3v) is 4.44. The summed E-state index contributed by atoms with van der Waals surface area (Å²) in [6.07, 6.45) is 3.56. The van der Waals surface area contributed by atoms with E-state index >= 15 is 0 Å². The molecule has 6 nitrogen and oxygen atoms in total. The van der Waals surface area contributed by atoms with Gasteiger partial charge in [0.2, 0.25) is 5.89 Å². The number of fused-ring (bicyclic) bond motifs is 1. The molecule has 0 saturated carbocycles. The fraction of sp³-hybridized carbons (Fsp3) is 0.136. The first-order chi connectivity index (χ1) is 13.7. The Morgan fingerprint density at radius 3 is 2.68 bits per heavy atom. The molecule has 4 aromatic rings. The summed E-state index contributed by atoms with van der Waals surface area (Å²) in [5, 5.41) is 0. The second-order valence-corrected chi connectivity index (χ2v) is 6.23. The van der Waals surface area contributed by atoms with E-state index in [-0.39, 0.29) is 12.2 Å². The largest absolute Gasteiger partial charge is 0.493 e. The molecule has 0 aliphatic heterocycles. The van der Waals surface area contributed by atoms with Crippen LogP contribution in [0.15, 0.2) is 65.3 Å². The van der Waals surface area contributed by atoms with Gasteiger partial charge in [0.1, 0.15) is 5.52 Å². The average molecular weight is 374 g/mol. The summed E-state index contributed by atoms with van der Waals surface area (Å²) in [5.74, 6) is 1.61. The zero-order valence-electron chi connectivity index (χ0n) is 15.5. The molecule has 140 valence electrons. The number of methoxy groups -OCH3 is 2. The maximum Gasteiger partial charge on any atom is 0.227 e. The van der Waals surface area contributed by atoms with Gasteiger partial charge in [-0.15, -0.1) is 0 Å². The van der Waals surface area contributed by atoms with Gasteiger partial charge in [-0.05, 0) is 42.0 Å². The van der Waals surface area contributed by atoms with Crippen LogP contribution >= 0.6 is 0 Å². The van der Waals surface area contributed by atoms with E-state index in [1.165, 1.54) is 0 Å². The molecule has 2 aromatic carbocycles. The Morgan fingerprint density at radius 2 is 1.89 bits per heavy atom. The molecule has 6 heteroatoms. The van der Waals surface area contributed by atoms with E-state index in [9.17, 15) is 4.79 Å². The Labute approximate surface area is 161 Å². The van der Waals surface area contributed by atoms with Gasteiger partial charge in [-0.1, -0.05) is 12.1 Å². The normalized spacial score (nSPS) is 10.8. The van der Waals surface area contributed by atoms with Gasteiger partial charge in [0.25, 0.3) is 0 Å². The van der Waals surface area contributed by atoms with Gasteiger partial charge in [0.15, 0.2) is 22.9 Å². The average Bonchev–Trinajstić information content (AvgIpc) is 3.17. The molecular weight excluding hydrogens is 356 g/mol. The number of carbonyl (C=O) groups is 1. The predicted molar refractivity (Wildman–Crippen MR) is 105 cm³/mol. The van der Waals surface area contributed by atoms with E-state index in [1.54, 1.807) is 50.9 Å². The summed E-state index contributed by atoms with van der Waals surface area (Å²) in [6.45, 7) is 0. The highest BCUT2D eigenvalue weighted by atomic mass is 16.5. The van der Waals surface area contributed by atoms with Crippen LogP contribution in [0.5, 0.6) is 11.5 Å².